The summed E-state index contributed by atoms with van der Waals surface area (Å²) in [5.74, 6) is -0.107. The minimum atomic E-state index is -0.845. The Kier molecular flexibility index (Phi) is 14.6. The number of benzene rings is 1. The van der Waals surface area contributed by atoms with Gasteiger partial charge in [0.25, 0.3) is 5.91 Å². The van der Waals surface area contributed by atoms with Gasteiger partial charge in [-0.05, 0) is 90.8 Å². The summed E-state index contributed by atoms with van der Waals surface area (Å²) in [6.45, 7) is 21.6. The number of carbonyl (C=O) groups is 3. The van der Waals surface area contributed by atoms with Gasteiger partial charge in [0.2, 0.25) is 5.91 Å². The Hall–Kier alpha value is -3.11. The van der Waals surface area contributed by atoms with Crippen LogP contribution in [0.4, 0.5) is 4.79 Å². The predicted molar refractivity (Wildman–Crippen MR) is 177 cm³/mol. The van der Waals surface area contributed by atoms with Crippen LogP contribution in [0.25, 0.3) is 0 Å². The molecule has 0 saturated carbocycles. The summed E-state index contributed by atoms with van der Waals surface area (Å²) in [6.07, 6.45) is 0.323. The lowest BCUT2D eigenvalue weighted by Gasteiger charge is -2.44. The molecular weight excluding hydrogens is 590 g/mol. The molecule has 1 aromatic carbocycles. The maximum absolute atomic E-state index is 14.0. The van der Waals surface area contributed by atoms with E-state index >= 15 is 0 Å². The van der Waals surface area contributed by atoms with E-state index in [-0.39, 0.29) is 30.8 Å². The highest BCUT2D eigenvalue weighted by Crippen LogP contribution is 2.37. The van der Waals surface area contributed by atoms with Crippen molar-refractivity contribution in [2.75, 3.05) is 34.0 Å². The Balaban J connectivity index is 2.50. The van der Waals surface area contributed by atoms with Gasteiger partial charge in [-0.3, -0.25) is 14.5 Å². The van der Waals surface area contributed by atoms with E-state index in [1.165, 1.54) is 4.90 Å². The van der Waals surface area contributed by atoms with Crippen molar-refractivity contribution in [3.8, 4) is 11.5 Å². The standard InChI is InChI=1S/C36H57NO9/c1-23(2)26(18-25-14-15-29(42-12)31(19-25)43-17-13-16-41-11)20-28-30(45-34(40)46-36(8,9)10)21-27(24(3)4)33(39)37(28)32(38)22-44-35(5,6)7/h14-15,19,23,26-28,30H,3,13,16-18,20-22H2,1-2,4-12H3/t26-,27?,28-,30-/m0/s1. The zero-order chi connectivity index (χ0) is 34.8. The van der Waals surface area contributed by atoms with Gasteiger partial charge >= 0.3 is 6.16 Å². The first-order valence-corrected chi connectivity index (χ1v) is 16.2. The lowest BCUT2D eigenvalue weighted by Crippen LogP contribution is -2.60. The molecule has 1 saturated heterocycles. The molecule has 0 aliphatic carbocycles. The van der Waals surface area contributed by atoms with Gasteiger partial charge in [0.15, 0.2) is 11.5 Å². The zero-order valence-corrected chi connectivity index (χ0v) is 29.9. The van der Waals surface area contributed by atoms with Gasteiger partial charge in [-0.15, -0.1) is 0 Å². The molecule has 260 valence electrons. The minimum Gasteiger partial charge on any atom is -0.493 e. The maximum Gasteiger partial charge on any atom is 0.509 e. The van der Waals surface area contributed by atoms with Crippen molar-refractivity contribution in [2.24, 2.45) is 17.8 Å². The summed E-state index contributed by atoms with van der Waals surface area (Å²) in [7, 11) is 3.26. The topological polar surface area (TPSA) is 110 Å². The van der Waals surface area contributed by atoms with Crippen LogP contribution in [0.15, 0.2) is 30.4 Å². The molecule has 1 aliphatic rings. The van der Waals surface area contributed by atoms with Crippen LogP contribution in [-0.2, 0) is 35.0 Å². The number of nitrogens with zero attached hydrogens (tertiary/aromatic N) is 1. The second-order valence-corrected chi connectivity index (χ2v) is 14.4. The molecule has 10 heteroatoms. The summed E-state index contributed by atoms with van der Waals surface area (Å²) < 4.78 is 33.9. The number of hydrogen-bond donors (Lipinski definition) is 0. The van der Waals surface area contributed by atoms with E-state index in [4.69, 9.17) is 28.4 Å². The van der Waals surface area contributed by atoms with E-state index in [2.05, 4.69) is 20.4 Å². The third-order valence-electron chi connectivity index (χ3n) is 7.86. The first-order valence-electron chi connectivity index (χ1n) is 16.2. The monoisotopic (exact) mass is 647 g/mol. The number of methoxy groups -OCH3 is 2. The van der Waals surface area contributed by atoms with Crippen LogP contribution in [0.3, 0.4) is 0 Å². The molecule has 10 nitrogen and oxygen atoms in total. The number of imide groups is 1. The molecule has 1 aliphatic heterocycles. The average Bonchev–Trinajstić information content (AvgIpc) is 2.93. The highest BCUT2D eigenvalue weighted by atomic mass is 16.7. The van der Waals surface area contributed by atoms with Crippen LogP contribution in [-0.4, -0.2) is 80.3 Å². The Bertz CT molecular complexity index is 1180. The molecule has 2 amide bonds. The van der Waals surface area contributed by atoms with Crippen molar-refractivity contribution in [3.63, 3.8) is 0 Å². The van der Waals surface area contributed by atoms with Crippen LogP contribution in [0.5, 0.6) is 11.5 Å². The molecule has 0 aromatic heterocycles. The number of carbonyl (C=O) groups excluding carboxylic acids is 3. The number of hydrogen-bond acceptors (Lipinski definition) is 9. The van der Waals surface area contributed by atoms with Crippen molar-refractivity contribution >= 4 is 18.0 Å². The first-order chi connectivity index (χ1) is 21.4. The Morgan fingerprint density at radius 1 is 1.02 bits per heavy atom. The van der Waals surface area contributed by atoms with Crippen molar-refractivity contribution < 1.29 is 42.8 Å². The zero-order valence-electron chi connectivity index (χ0n) is 29.9. The average molecular weight is 648 g/mol. The van der Waals surface area contributed by atoms with E-state index in [0.29, 0.717) is 43.1 Å². The summed E-state index contributed by atoms with van der Waals surface area (Å²) in [4.78, 5) is 42.0. The Morgan fingerprint density at radius 2 is 1.70 bits per heavy atom. The molecule has 1 aromatic rings. The molecule has 1 heterocycles. The molecule has 0 bridgehead atoms. The highest BCUT2D eigenvalue weighted by molar-refractivity contribution is 5.99. The second-order valence-electron chi connectivity index (χ2n) is 14.4. The molecular formula is C36H57NO9. The van der Waals surface area contributed by atoms with Gasteiger partial charge < -0.3 is 28.4 Å². The third-order valence-corrected chi connectivity index (χ3v) is 7.86. The van der Waals surface area contributed by atoms with Crippen molar-refractivity contribution in [1.82, 2.24) is 4.90 Å². The minimum absolute atomic E-state index is 0.00233. The number of piperidine rings is 1. The van der Waals surface area contributed by atoms with Gasteiger partial charge in [-0.1, -0.05) is 32.1 Å². The van der Waals surface area contributed by atoms with Crippen LogP contribution in [0.2, 0.25) is 0 Å². The lowest BCUT2D eigenvalue weighted by molar-refractivity contribution is -0.166. The van der Waals surface area contributed by atoms with E-state index in [0.717, 1.165) is 12.0 Å². The predicted octanol–water partition coefficient (Wildman–Crippen LogP) is 6.77. The SMILES string of the molecule is C=C(C)C1C[C@H](OC(=O)OC(C)(C)C)[C@H](C[C@H](Cc2ccc(OC)c(OCCCOC)c2)C(C)C)N(C(=O)COC(C)(C)C)C1=O. The van der Waals surface area contributed by atoms with E-state index in [1.807, 2.05) is 39.0 Å². The van der Waals surface area contributed by atoms with Gasteiger partial charge in [0, 0.05) is 26.6 Å². The second kappa shape index (κ2) is 17.2. The van der Waals surface area contributed by atoms with Crippen molar-refractivity contribution in [2.45, 2.75) is 111 Å². The summed E-state index contributed by atoms with van der Waals surface area (Å²) in [6, 6.07) is 5.11. The van der Waals surface area contributed by atoms with Gasteiger partial charge in [-0.2, -0.15) is 0 Å². The fourth-order valence-electron chi connectivity index (χ4n) is 5.39. The molecule has 0 spiro atoms. The van der Waals surface area contributed by atoms with Crippen LogP contribution in [0, 0.1) is 17.8 Å². The molecule has 46 heavy (non-hydrogen) atoms. The number of ether oxygens (including phenoxy) is 6. The van der Waals surface area contributed by atoms with E-state index < -0.39 is 41.3 Å². The molecule has 1 fully saturated rings. The molecule has 4 atom stereocenters. The molecule has 0 N–H and O–H groups in total. The van der Waals surface area contributed by atoms with Gasteiger partial charge in [0.05, 0.1) is 31.3 Å². The van der Waals surface area contributed by atoms with Crippen LogP contribution in [0.1, 0.15) is 87.1 Å². The normalized spacial score (nSPS) is 19.5. The lowest BCUT2D eigenvalue weighted by atomic mass is 9.78. The van der Waals surface area contributed by atoms with E-state index in [1.54, 1.807) is 41.9 Å². The van der Waals surface area contributed by atoms with Gasteiger partial charge in [0.1, 0.15) is 18.3 Å². The number of likely N-dealkylation sites (tertiary alicyclic amines) is 1. The Labute approximate surface area is 276 Å². The molecule has 0 radical (unpaired) electrons. The quantitative estimate of drug-likeness (QED) is 0.116. The fourth-order valence-corrected chi connectivity index (χ4v) is 5.39. The fraction of sp³-hybridized carbons (Fsp3) is 0.694. The van der Waals surface area contributed by atoms with Crippen LogP contribution >= 0.6 is 0 Å². The van der Waals surface area contributed by atoms with Crippen molar-refractivity contribution in [3.05, 3.63) is 35.9 Å². The van der Waals surface area contributed by atoms with Gasteiger partial charge in [-0.25, -0.2) is 4.79 Å². The first kappa shape index (κ1) is 39.1. The van der Waals surface area contributed by atoms with Crippen LogP contribution < -0.4 is 9.47 Å². The maximum atomic E-state index is 14.0. The summed E-state index contributed by atoms with van der Waals surface area (Å²) in [5.41, 5.74) is 0.232. The largest absolute Gasteiger partial charge is 0.509 e. The number of rotatable bonds is 15. The van der Waals surface area contributed by atoms with E-state index in [9.17, 15) is 14.4 Å². The smallest absolute Gasteiger partial charge is 0.493 e. The summed E-state index contributed by atoms with van der Waals surface area (Å²) in [5, 5.41) is 0. The molecule has 1 unspecified atom stereocenters. The Morgan fingerprint density at radius 3 is 2.24 bits per heavy atom. The third kappa shape index (κ3) is 12.2. The van der Waals surface area contributed by atoms with Crippen molar-refractivity contribution in [1.29, 1.82) is 0 Å². The molecule has 2 rings (SSSR count). The highest BCUT2D eigenvalue weighted by Gasteiger charge is 2.48. The summed E-state index contributed by atoms with van der Waals surface area (Å²) >= 11 is 0. The number of amides is 2.